The first-order valence-corrected chi connectivity index (χ1v) is 9.76. The fraction of sp³-hybridized carbons (Fsp3) is 0.167. The van der Waals surface area contributed by atoms with Crippen molar-refractivity contribution in [3.05, 3.63) is 77.5 Å². The Morgan fingerprint density at radius 2 is 1.79 bits per heavy atom. The Morgan fingerprint density at radius 1 is 1.03 bits per heavy atom. The molecule has 5 rings (SSSR count). The van der Waals surface area contributed by atoms with Gasteiger partial charge >= 0.3 is 0 Å². The Labute approximate surface area is 168 Å². The molecule has 2 heterocycles. The minimum absolute atomic E-state index is 0.00346. The molecule has 0 radical (unpaired) electrons. The van der Waals surface area contributed by atoms with E-state index in [4.69, 9.17) is 10.1 Å². The lowest BCUT2D eigenvalue weighted by atomic mass is 10.0. The van der Waals surface area contributed by atoms with E-state index in [9.17, 15) is 4.79 Å². The molecular formula is C24H21N3O2. The highest BCUT2D eigenvalue weighted by Gasteiger charge is 2.24. The fourth-order valence-electron chi connectivity index (χ4n) is 4.18. The molecular weight excluding hydrogens is 362 g/mol. The van der Waals surface area contributed by atoms with Gasteiger partial charge in [-0.25, -0.2) is 0 Å². The van der Waals surface area contributed by atoms with Gasteiger partial charge in [-0.05, 0) is 35.6 Å². The van der Waals surface area contributed by atoms with Gasteiger partial charge in [-0.15, -0.1) is 0 Å². The fourth-order valence-corrected chi connectivity index (χ4v) is 4.18. The molecule has 2 N–H and O–H groups in total. The molecule has 5 heteroatoms. The molecule has 0 aliphatic carbocycles. The largest absolute Gasteiger partial charge is 0.483 e. The van der Waals surface area contributed by atoms with E-state index < -0.39 is 0 Å². The summed E-state index contributed by atoms with van der Waals surface area (Å²) in [6.45, 7) is 1.29. The summed E-state index contributed by atoms with van der Waals surface area (Å²) in [5, 5.41) is 10.7. The number of aromatic nitrogens is 1. The SMILES string of the molecule is N=Cc1ccc(OCC(=O)N2CCc3c([nH]c4ccccc34)C2)c2ccccc12. The second-order valence-electron chi connectivity index (χ2n) is 7.32. The first kappa shape index (κ1) is 17.5. The lowest BCUT2D eigenvalue weighted by Crippen LogP contribution is -2.38. The highest BCUT2D eigenvalue weighted by molar-refractivity contribution is 6.01. The molecule has 3 aromatic carbocycles. The Hall–Kier alpha value is -3.60. The van der Waals surface area contributed by atoms with Gasteiger partial charge in [0.2, 0.25) is 0 Å². The summed E-state index contributed by atoms with van der Waals surface area (Å²) < 4.78 is 5.90. The van der Waals surface area contributed by atoms with Crippen LogP contribution in [0.4, 0.5) is 0 Å². The van der Waals surface area contributed by atoms with Gasteiger partial charge < -0.3 is 20.0 Å². The summed E-state index contributed by atoms with van der Waals surface area (Å²) in [5.74, 6) is 0.650. The average Bonchev–Trinajstić information content (AvgIpc) is 3.15. The molecule has 4 aromatic rings. The van der Waals surface area contributed by atoms with Crippen LogP contribution in [0.3, 0.4) is 0 Å². The molecule has 0 unspecified atom stereocenters. The van der Waals surface area contributed by atoms with Crippen molar-refractivity contribution in [3.63, 3.8) is 0 Å². The third kappa shape index (κ3) is 3.05. The van der Waals surface area contributed by atoms with Crippen molar-refractivity contribution in [2.45, 2.75) is 13.0 Å². The van der Waals surface area contributed by atoms with Crippen LogP contribution in [0.15, 0.2) is 60.7 Å². The number of H-pyrrole nitrogens is 1. The van der Waals surface area contributed by atoms with Gasteiger partial charge in [0.15, 0.2) is 6.61 Å². The zero-order chi connectivity index (χ0) is 19.8. The van der Waals surface area contributed by atoms with Gasteiger partial charge in [0.1, 0.15) is 5.75 Å². The summed E-state index contributed by atoms with van der Waals surface area (Å²) in [5.41, 5.74) is 4.40. The van der Waals surface area contributed by atoms with Crippen LogP contribution in [0.25, 0.3) is 21.7 Å². The van der Waals surface area contributed by atoms with Crippen molar-refractivity contribution in [1.29, 1.82) is 5.41 Å². The van der Waals surface area contributed by atoms with Crippen molar-refractivity contribution in [1.82, 2.24) is 9.88 Å². The number of ether oxygens (including phenoxy) is 1. The van der Waals surface area contributed by atoms with Crippen molar-refractivity contribution in [2.24, 2.45) is 0 Å². The van der Waals surface area contributed by atoms with Crippen molar-refractivity contribution in [3.8, 4) is 5.75 Å². The molecule has 144 valence electrons. The van der Waals surface area contributed by atoms with Gasteiger partial charge in [0, 0.05) is 40.3 Å². The second-order valence-corrected chi connectivity index (χ2v) is 7.32. The number of hydrogen-bond donors (Lipinski definition) is 2. The summed E-state index contributed by atoms with van der Waals surface area (Å²) in [6.07, 6.45) is 2.19. The molecule has 29 heavy (non-hydrogen) atoms. The summed E-state index contributed by atoms with van der Waals surface area (Å²) in [6, 6.07) is 19.8. The number of carbonyl (C=O) groups is 1. The van der Waals surface area contributed by atoms with Gasteiger partial charge in [-0.2, -0.15) is 0 Å². The van der Waals surface area contributed by atoms with Crippen LogP contribution < -0.4 is 4.74 Å². The zero-order valence-corrected chi connectivity index (χ0v) is 15.9. The molecule has 0 saturated carbocycles. The maximum absolute atomic E-state index is 12.8. The van der Waals surface area contributed by atoms with E-state index in [0.29, 0.717) is 18.8 Å². The number of nitrogens with zero attached hydrogens (tertiary/aromatic N) is 1. The number of para-hydroxylation sites is 1. The third-order valence-corrected chi connectivity index (χ3v) is 5.66. The highest BCUT2D eigenvalue weighted by Crippen LogP contribution is 2.29. The van der Waals surface area contributed by atoms with E-state index in [0.717, 1.165) is 34.0 Å². The zero-order valence-electron chi connectivity index (χ0n) is 15.9. The molecule has 1 aliphatic rings. The molecule has 5 nitrogen and oxygen atoms in total. The van der Waals surface area contributed by atoms with Crippen LogP contribution in [0.1, 0.15) is 16.8 Å². The van der Waals surface area contributed by atoms with Crippen LogP contribution in [0.5, 0.6) is 5.75 Å². The average molecular weight is 383 g/mol. The molecule has 0 spiro atoms. The Kier molecular flexibility index (Phi) is 4.28. The van der Waals surface area contributed by atoms with Crippen LogP contribution in [0.2, 0.25) is 0 Å². The molecule has 1 aromatic heterocycles. The Bertz CT molecular complexity index is 1240. The molecule has 0 fully saturated rings. The summed E-state index contributed by atoms with van der Waals surface area (Å²) in [7, 11) is 0. The number of hydrogen-bond acceptors (Lipinski definition) is 3. The van der Waals surface area contributed by atoms with E-state index in [1.807, 2.05) is 47.4 Å². The lowest BCUT2D eigenvalue weighted by molar-refractivity contribution is -0.134. The van der Waals surface area contributed by atoms with Gasteiger partial charge in [0.25, 0.3) is 5.91 Å². The predicted molar refractivity (Wildman–Crippen MR) is 115 cm³/mol. The second kappa shape index (κ2) is 7.09. The van der Waals surface area contributed by atoms with E-state index in [1.165, 1.54) is 17.2 Å². The van der Waals surface area contributed by atoms with Crippen LogP contribution in [0, 0.1) is 5.41 Å². The molecule has 1 aliphatic heterocycles. The van der Waals surface area contributed by atoms with Crippen LogP contribution >= 0.6 is 0 Å². The molecule has 0 atom stereocenters. The first-order chi connectivity index (χ1) is 14.2. The monoisotopic (exact) mass is 383 g/mol. The Morgan fingerprint density at radius 3 is 2.62 bits per heavy atom. The number of amides is 1. The van der Waals surface area contributed by atoms with E-state index >= 15 is 0 Å². The molecule has 0 bridgehead atoms. The normalized spacial score (nSPS) is 13.4. The van der Waals surface area contributed by atoms with Gasteiger partial charge in [-0.3, -0.25) is 4.79 Å². The lowest BCUT2D eigenvalue weighted by Gasteiger charge is -2.27. The number of carbonyl (C=O) groups excluding carboxylic acids is 1. The minimum Gasteiger partial charge on any atom is -0.483 e. The Balaban J connectivity index is 1.33. The number of benzene rings is 3. The van der Waals surface area contributed by atoms with E-state index in [1.54, 1.807) is 0 Å². The van der Waals surface area contributed by atoms with E-state index in [2.05, 4.69) is 23.2 Å². The summed E-state index contributed by atoms with van der Waals surface area (Å²) in [4.78, 5) is 18.1. The predicted octanol–water partition coefficient (Wildman–Crippen LogP) is 4.28. The van der Waals surface area contributed by atoms with Crippen LogP contribution in [-0.2, 0) is 17.8 Å². The van der Waals surface area contributed by atoms with Crippen LogP contribution in [-0.4, -0.2) is 35.2 Å². The standard InChI is InChI=1S/C24H21N3O2/c25-13-16-9-10-23(20-7-2-1-5-17(16)20)29-15-24(28)27-12-11-19-18-6-3-4-8-21(18)26-22(19)14-27/h1-10,13,25-26H,11-12,14-15H2. The number of fused-ring (bicyclic) bond motifs is 4. The quantitative estimate of drug-likeness (QED) is 0.517. The maximum Gasteiger partial charge on any atom is 0.260 e. The van der Waals surface area contributed by atoms with E-state index in [-0.39, 0.29) is 12.5 Å². The van der Waals surface area contributed by atoms with Gasteiger partial charge in [-0.1, -0.05) is 42.5 Å². The smallest absolute Gasteiger partial charge is 0.260 e. The topological polar surface area (TPSA) is 69.2 Å². The maximum atomic E-state index is 12.8. The molecule has 1 amide bonds. The number of nitrogens with one attached hydrogen (secondary N) is 2. The summed E-state index contributed by atoms with van der Waals surface area (Å²) >= 11 is 0. The van der Waals surface area contributed by atoms with Crippen molar-refractivity contribution < 1.29 is 9.53 Å². The highest BCUT2D eigenvalue weighted by atomic mass is 16.5. The number of aromatic amines is 1. The molecule has 0 saturated heterocycles. The minimum atomic E-state index is -0.0190. The third-order valence-electron chi connectivity index (χ3n) is 5.66. The first-order valence-electron chi connectivity index (χ1n) is 9.76. The van der Waals surface area contributed by atoms with Gasteiger partial charge in [0.05, 0.1) is 6.54 Å². The van der Waals surface area contributed by atoms with Crippen molar-refractivity contribution in [2.75, 3.05) is 13.2 Å². The van der Waals surface area contributed by atoms with Crippen molar-refractivity contribution >= 4 is 33.8 Å². The number of rotatable bonds is 4.